The minimum atomic E-state index is -0.423. The van der Waals surface area contributed by atoms with Gasteiger partial charge in [-0.1, -0.05) is 11.6 Å². The quantitative estimate of drug-likeness (QED) is 0.590. The lowest BCUT2D eigenvalue weighted by atomic mass is 10.0. The highest BCUT2D eigenvalue weighted by Gasteiger charge is 2.32. The number of nitrogens with one attached hydrogen (secondary N) is 1. The predicted octanol–water partition coefficient (Wildman–Crippen LogP) is 4.24. The van der Waals surface area contributed by atoms with Gasteiger partial charge in [-0.2, -0.15) is 5.10 Å². The second kappa shape index (κ2) is 9.08. The van der Waals surface area contributed by atoms with Crippen LogP contribution in [-0.2, 0) is 13.1 Å². The summed E-state index contributed by atoms with van der Waals surface area (Å²) in [6.07, 6.45) is 1.57. The first-order valence-electron chi connectivity index (χ1n) is 10.8. The molecule has 7 nitrogen and oxygen atoms in total. The highest BCUT2D eigenvalue weighted by atomic mass is 35.5. The third-order valence-electron chi connectivity index (χ3n) is 6.29. The molecule has 2 aliphatic heterocycles. The summed E-state index contributed by atoms with van der Waals surface area (Å²) in [6.45, 7) is 7.42. The Bertz CT molecular complexity index is 1230. The van der Waals surface area contributed by atoms with Gasteiger partial charge in [0.25, 0.3) is 5.91 Å². The number of rotatable bonds is 3. The Morgan fingerprint density at radius 3 is 2.85 bits per heavy atom. The zero-order chi connectivity index (χ0) is 22.6. The van der Waals surface area contributed by atoms with Crippen LogP contribution in [0.2, 0.25) is 5.02 Å². The van der Waals surface area contributed by atoms with E-state index in [1.54, 1.807) is 9.42 Å². The Kier molecular flexibility index (Phi) is 6.53. The molecular weight excluding hydrogens is 468 g/mol. The molecule has 0 radical (unpaired) electrons. The summed E-state index contributed by atoms with van der Waals surface area (Å²) in [4.78, 5) is 19.7. The molecule has 4 heterocycles. The Hall–Kier alpha value is -2.42. The molecule has 2 unspecified atom stereocenters. The average molecular weight is 494 g/mol. The molecule has 2 atom stereocenters. The molecule has 3 aromatic rings. The largest absolute Gasteiger partial charge is 0.489 e. The fourth-order valence-electron chi connectivity index (χ4n) is 4.57. The first-order chi connectivity index (χ1) is 15.3. The highest BCUT2D eigenvalue weighted by Crippen LogP contribution is 2.32. The molecule has 0 spiro atoms. The number of aryl methyl sites for hydroxylation is 2. The van der Waals surface area contributed by atoms with Crippen LogP contribution in [0, 0.1) is 19.7 Å². The molecule has 176 valence electrons. The molecule has 10 heteroatoms. The zero-order valence-corrected chi connectivity index (χ0v) is 20.3. The third kappa shape index (κ3) is 4.27. The molecule has 2 aromatic heterocycles. The lowest BCUT2D eigenvalue weighted by Gasteiger charge is -2.29. The van der Waals surface area contributed by atoms with E-state index < -0.39 is 5.82 Å². The van der Waals surface area contributed by atoms with Gasteiger partial charge in [0, 0.05) is 17.7 Å². The van der Waals surface area contributed by atoms with Crippen molar-refractivity contribution in [1.29, 1.82) is 0 Å². The number of halogens is 3. The van der Waals surface area contributed by atoms with Gasteiger partial charge < -0.3 is 15.0 Å². The van der Waals surface area contributed by atoms with E-state index in [-0.39, 0.29) is 24.4 Å². The molecule has 0 saturated carbocycles. The van der Waals surface area contributed by atoms with Crippen molar-refractivity contribution in [2.24, 2.45) is 0 Å². The Labute approximate surface area is 202 Å². The number of hydrogen-bond acceptors (Lipinski definition) is 5. The summed E-state index contributed by atoms with van der Waals surface area (Å²) in [6, 6.07) is 4.43. The maximum atomic E-state index is 14.0. The van der Waals surface area contributed by atoms with E-state index in [1.165, 1.54) is 18.2 Å². The molecule has 33 heavy (non-hydrogen) atoms. The van der Waals surface area contributed by atoms with E-state index in [0.29, 0.717) is 41.1 Å². The number of fused-ring (bicyclic) bond motifs is 3. The summed E-state index contributed by atoms with van der Waals surface area (Å²) < 4.78 is 21.9. The van der Waals surface area contributed by atoms with Crippen molar-refractivity contribution >= 4 is 35.6 Å². The van der Waals surface area contributed by atoms with E-state index >= 15 is 0 Å². The summed E-state index contributed by atoms with van der Waals surface area (Å²) in [5.74, 6) is -0.335. The molecule has 2 aliphatic rings. The minimum Gasteiger partial charge on any atom is -0.489 e. The molecule has 0 aliphatic carbocycles. The average Bonchev–Trinajstić information content (AvgIpc) is 3.31. The monoisotopic (exact) mass is 493 g/mol. The smallest absolute Gasteiger partial charge is 0.258 e. The fraction of sp³-hybridized carbons (Fsp3) is 0.435. The number of nitrogens with zero attached hydrogens (tertiary/aromatic N) is 4. The van der Waals surface area contributed by atoms with Crippen molar-refractivity contribution in [3.8, 4) is 5.75 Å². The van der Waals surface area contributed by atoms with Crippen LogP contribution in [-0.4, -0.2) is 44.1 Å². The van der Waals surface area contributed by atoms with Gasteiger partial charge in [-0.05, 0) is 52.3 Å². The molecule has 5 rings (SSSR count). The molecule has 1 aromatic carbocycles. The molecule has 1 N–H and O–H groups in total. The number of aromatic nitrogens is 3. The molecule has 0 bridgehead atoms. The number of benzene rings is 1. The second-order valence-corrected chi connectivity index (χ2v) is 9.06. The van der Waals surface area contributed by atoms with E-state index in [9.17, 15) is 9.18 Å². The Balaban J connectivity index is 0.00000259. The van der Waals surface area contributed by atoms with Crippen molar-refractivity contribution in [2.45, 2.75) is 58.8 Å². The number of ether oxygens (including phenoxy) is 1. The van der Waals surface area contributed by atoms with Gasteiger partial charge in [0.15, 0.2) is 5.65 Å². The van der Waals surface area contributed by atoms with Gasteiger partial charge in [-0.3, -0.25) is 4.79 Å². The van der Waals surface area contributed by atoms with Crippen LogP contribution in [0.5, 0.6) is 5.75 Å². The van der Waals surface area contributed by atoms with E-state index in [0.717, 1.165) is 42.0 Å². The van der Waals surface area contributed by atoms with Crippen LogP contribution in [0.15, 0.2) is 18.2 Å². The zero-order valence-electron chi connectivity index (χ0n) is 18.7. The van der Waals surface area contributed by atoms with Crippen molar-refractivity contribution in [3.63, 3.8) is 0 Å². The SMILES string of the molecule is Cc1nc2c3c(nn2c(C)c1Cl)CN(C(=O)c1ccc(F)cc1OC1CCNC(C)C1)C3.Cl. The maximum absolute atomic E-state index is 14.0. The number of piperidine rings is 1. The van der Waals surface area contributed by atoms with Crippen molar-refractivity contribution < 1.29 is 13.9 Å². The van der Waals surface area contributed by atoms with Gasteiger partial charge in [0.2, 0.25) is 0 Å². The van der Waals surface area contributed by atoms with Crippen LogP contribution >= 0.6 is 24.0 Å². The van der Waals surface area contributed by atoms with E-state index in [2.05, 4.69) is 22.3 Å². The molecular formula is C23H26Cl2FN5O2. The van der Waals surface area contributed by atoms with Crippen molar-refractivity contribution in [1.82, 2.24) is 24.8 Å². The normalized spacial score (nSPS) is 20.0. The van der Waals surface area contributed by atoms with E-state index in [4.69, 9.17) is 16.3 Å². The highest BCUT2D eigenvalue weighted by molar-refractivity contribution is 6.31. The summed E-state index contributed by atoms with van der Waals surface area (Å²) in [7, 11) is 0. The van der Waals surface area contributed by atoms with Gasteiger partial charge in [-0.25, -0.2) is 13.9 Å². The second-order valence-electron chi connectivity index (χ2n) is 8.68. The van der Waals surface area contributed by atoms with Gasteiger partial charge in [-0.15, -0.1) is 12.4 Å². The van der Waals surface area contributed by atoms with Gasteiger partial charge in [0.1, 0.15) is 17.7 Å². The summed E-state index contributed by atoms with van der Waals surface area (Å²) in [5, 5.41) is 8.60. The summed E-state index contributed by atoms with van der Waals surface area (Å²) >= 11 is 6.32. The number of carbonyl (C=O) groups is 1. The van der Waals surface area contributed by atoms with Crippen molar-refractivity contribution in [3.05, 3.63) is 57.2 Å². The van der Waals surface area contributed by atoms with Crippen LogP contribution < -0.4 is 10.1 Å². The first kappa shape index (κ1) is 23.7. The molecule has 1 saturated heterocycles. The van der Waals surface area contributed by atoms with Crippen LogP contribution in [0.1, 0.15) is 52.8 Å². The third-order valence-corrected chi connectivity index (χ3v) is 6.83. The first-order valence-corrected chi connectivity index (χ1v) is 11.2. The Morgan fingerprint density at radius 2 is 2.09 bits per heavy atom. The van der Waals surface area contributed by atoms with Crippen LogP contribution in [0.3, 0.4) is 0 Å². The topological polar surface area (TPSA) is 71.8 Å². The fourth-order valence-corrected chi connectivity index (χ4v) is 4.69. The molecule has 1 fully saturated rings. The van der Waals surface area contributed by atoms with Crippen LogP contribution in [0.25, 0.3) is 5.65 Å². The summed E-state index contributed by atoms with van der Waals surface area (Å²) in [5.41, 5.74) is 4.35. The van der Waals surface area contributed by atoms with Gasteiger partial charge >= 0.3 is 0 Å². The maximum Gasteiger partial charge on any atom is 0.258 e. The van der Waals surface area contributed by atoms with Crippen LogP contribution in [0.4, 0.5) is 4.39 Å². The minimum absolute atomic E-state index is 0. The Morgan fingerprint density at radius 1 is 1.30 bits per heavy atom. The lowest BCUT2D eigenvalue weighted by molar-refractivity contribution is 0.0738. The molecule has 1 amide bonds. The standard InChI is InChI=1S/C23H25ClFN5O2.ClH/c1-12-8-16(6-7-26-12)32-20-9-15(25)4-5-17(20)23(31)29-10-18-19(11-29)28-30-14(3)21(24)13(2)27-22(18)30;/h4-5,9,12,16,26H,6-8,10-11H2,1-3H3;1H. The van der Waals surface area contributed by atoms with Crippen molar-refractivity contribution in [2.75, 3.05) is 6.54 Å². The lowest BCUT2D eigenvalue weighted by Crippen LogP contribution is -2.40. The van der Waals surface area contributed by atoms with E-state index in [1.807, 2.05) is 13.8 Å². The number of hydrogen-bond donors (Lipinski definition) is 1. The number of carbonyl (C=O) groups excluding carboxylic acids is 1. The number of amides is 1. The predicted molar refractivity (Wildman–Crippen MR) is 126 cm³/mol. The van der Waals surface area contributed by atoms with Gasteiger partial charge in [0.05, 0.1) is 40.8 Å².